The second-order valence-electron chi connectivity index (χ2n) is 4.56. The van der Waals surface area contributed by atoms with Gasteiger partial charge in [0.05, 0.1) is 11.8 Å². The van der Waals surface area contributed by atoms with Gasteiger partial charge in [0.1, 0.15) is 11.8 Å². The van der Waals surface area contributed by atoms with Crippen LogP contribution in [0.15, 0.2) is 34.1 Å². The molecule has 1 aliphatic heterocycles. The van der Waals surface area contributed by atoms with Crippen molar-refractivity contribution in [3.63, 3.8) is 0 Å². The zero-order valence-electron chi connectivity index (χ0n) is 11.9. The summed E-state index contributed by atoms with van der Waals surface area (Å²) in [6.07, 6.45) is 1.53. The molecule has 1 aliphatic rings. The van der Waals surface area contributed by atoms with Crippen LogP contribution in [-0.2, 0) is 4.79 Å². The van der Waals surface area contributed by atoms with Crippen molar-refractivity contribution >= 4 is 11.9 Å². The number of carbonyl (C=O) groups excluding carboxylic acids is 2. The Balaban J connectivity index is 2.41. The van der Waals surface area contributed by atoms with E-state index in [1.807, 2.05) is 13.8 Å². The Bertz CT molecular complexity index is 530. The van der Waals surface area contributed by atoms with E-state index in [1.165, 1.54) is 6.26 Å². The highest BCUT2D eigenvalue weighted by molar-refractivity contribution is 5.98. The van der Waals surface area contributed by atoms with Gasteiger partial charge in [-0.3, -0.25) is 4.79 Å². The largest absolute Gasteiger partial charge is 0.467 e. The third-order valence-electron chi connectivity index (χ3n) is 3.38. The molecule has 6 nitrogen and oxygen atoms in total. The Labute approximate surface area is 117 Å². The highest BCUT2D eigenvalue weighted by Gasteiger charge is 2.34. The van der Waals surface area contributed by atoms with Gasteiger partial charge < -0.3 is 20.0 Å². The van der Waals surface area contributed by atoms with Gasteiger partial charge in [0.25, 0.3) is 5.91 Å². The lowest BCUT2D eigenvalue weighted by Crippen LogP contribution is -2.47. The zero-order valence-corrected chi connectivity index (χ0v) is 11.9. The minimum Gasteiger partial charge on any atom is -0.467 e. The molecule has 0 aromatic carbocycles. The number of furan rings is 1. The molecule has 108 valence electrons. The van der Waals surface area contributed by atoms with Crippen molar-refractivity contribution in [3.8, 4) is 0 Å². The Morgan fingerprint density at radius 2 is 2.10 bits per heavy atom. The first kappa shape index (κ1) is 14.2. The lowest BCUT2D eigenvalue weighted by atomic mass is 9.99. The second-order valence-corrected chi connectivity index (χ2v) is 4.56. The average Bonchev–Trinajstić information content (AvgIpc) is 2.92. The van der Waals surface area contributed by atoms with Crippen molar-refractivity contribution in [2.75, 3.05) is 13.1 Å². The molecule has 0 aliphatic carbocycles. The number of nitrogens with one attached hydrogen (secondary N) is 2. The number of likely N-dealkylation sites (N-methyl/N-ethyl adjacent to an activating group) is 1. The number of amides is 3. The SMILES string of the molecule is CCN(CC)C(=O)C1=C(C)NC(=O)NC1c1ccco1. The van der Waals surface area contributed by atoms with E-state index < -0.39 is 6.04 Å². The smallest absolute Gasteiger partial charge is 0.319 e. The number of hydrogen-bond acceptors (Lipinski definition) is 3. The van der Waals surface area contributed by atoms with Crippen molar-refractivity contribution in [2.45, 2.75) is 26.8 Å². The molecule has 3 amide bonds. The van der Waals surface area contributed by atoms with E-state index in [0.717, 1.165) is 0 Å². The van der Waals surface area contributed by atoms with Crippen molar-refractivity contribution in [3.05, 3.63) is 35.4 Å². The van der Waals surface area contributed by atoms with Crippen molar-refractivity contribution in [1.82, 2.24) is 15.5 Å². The fourth-order valence-corrected chi connectivity index (χ4v) is 2.33. The fourth-order valence-electron chi connectivity index (χ4n) is 2.33. The van der Waals surface area contributed by atoms with Crippen LogP contribution in [0.1, 0.15) is 32.6 Å². The van der Waals surface area contributed by atoms with Gasteiger partial charge in [-0.15, -0.1) is 0 Å². The van der Waals surface area contributed by atoms with Crippen LogP contribution in [0.25, 0.3) is 0 Å². The van der Waals surface area contributed by atoms with E-state index in [-0.39, 0.29) is 11.9 Å². The summed E-state index contributed by atoms with van der Waals surface area (Å²) in [5, 5.41) is 5.38. The highest BCUT2D eigenvalue weighted by Crippen LogP contribution is 2.28. The van der Waals surface area contributed by atoms with Crippen LogP contribution in [-0.4, -0.2) is 29.9 Å². The van der Waals surface area contributed by atoms with Crippen LogP contribution in [0.2, 0.25) is 0 Å². The van der Waals surface area contributed by atoms with Gasteiger partial charge in [-0.1, -0.05) is 0 Å². The molecule has 20 heavy (non-hydrogen) atoms. The predicted molar refractivity (Wildman–Crippen MR) is 73.7 cm³/mol. The molecule has 2 heterocycles. The molecule has 2 N–H and O–H groups in total. The predicted octanol–water partition coefficient (Wildman–Crippen LogP) is 1.78. The summed E-state index contributed by atoms with van der Waals surface area (Å²) >= 11 is 0. The maximum absolute atomic E-state index is 12.6. The average molecular weight is 277 g/mol. The summed E-state index contributed by atoms with van der Waals surface area (Å²) in [5.41, 5.74) is 1.08. The van der Waals surface area contributed by atoms with Gasteiger partial charge >= 0.3 is 6.03 Å². The maximum atomic E-state index is 12.6. The minimum absolute atomic E-state index is 0.0959. The van der Waals surface area contributed by atoms with E-state index >= 15 is 0 Å². The van der Waals surface area contributed by atoms with Gasteiger partial charge in [-0.2, -0.15) is 0 Å². The monoisotopic (exact) mass is 277 g/mol. The Morgan fingerprint density at radius 1 is 1.40 bits per heavy atom. The molecule has 1 atom stereocenters. The van der Waals surface area contributed by atoms with Crippen molar-refractivity contribution < 1.29 is 14.0 Å². The molecular weight excluding hydrogens is 258 g/mol. The van der Waals surface area contributed by atoms with Crippen molar-refractivity contribution in [2.24, 2.45) is 0 Å². The lowest BCUT2D eigenvalue weighted by molar-refractivity contribution is -0.127. The van der Waals surface area contributed by atoms with E-state index in [2.05, 4.69) is 10.6 Å². The molecule has 6 heteroatoms. The van der Waals surface area contributed by atoms with Crippen LogP contribution in [0, 0.1) is 0 Å². The van der Waals surface area contributed by atoms with Crippen LogP contribution in [0.5, 0.6) is 0 Å². The first-order chi connectivity index (χ1) is 9.58. The van der Waals surface area contributed by atoms with Gasteiger partial charge in [-0.05, 0) is 32.9 Å². The lowest BCUT2D eigenvalue weighted by Gasteiger charge is -2.30. The molecular formula is C14H19N3O3. The normalized spacial score (nSPS) is 18.6. The topological polar surface area (TPSA) is 74.6 Å². The van der Waals surface area contributed by atoms with E-state index in [9.17, 15) is 9.59 Å². The van der Waals surface area contributed by atoms with Gasteiger partial charge in [-0.25, -0.2) is 4.79 Å². The third-order valence-corrected chi connectivity index (χ3v) is 3.38. The van der Waals surface area contributed by atoms with Crippen LogP contribution >= 0.6 is 0 Å². The summed E-state index contributed by atoms with van der Waals surface area (Å²) in [6.45, 7) is 6.81. The highest BCUT2D eigenvalue weighted by atomic mass is 16.3. The van der Waals surface area contributed by atoms with Gasteiger partial charge in [0, 0.05) is 18.8 Å². The van der Waals surface area contributed by atoms with Crippen molar-refractivity contribution in [1.29, 1.82) is 0 Å². The molecule has 2 rings (SSSR count). The van der Waals surface area contributed by atoms with Gasteiger partial charge in [0.2, 0.25) is 0 Å². The summed E-state index contributed by atoms with van der Waals surface area (Å²) in [7, 11) is 0. The molecule has 0 spiro atoms. The summed E-state index contributed by atoms with van der Waals surface area (Å²) in [6, 6.07) is 2.60. The fraction of sp³-hybridized carbons (Fsp3) is 0.429. The summed E-state index contributed by atoms with van der Waals surface area (Å²) < 4.78 is 5.35. The molecule has 1 unspecified atom stereocenters. The molecule has 0 saturated heterocycles. The summed E-state index contributed by atoms with van der Waals surface area (Å²) in [5.74, 6) is 0.455. The second kappa shape index (κ2) is 5.81. The Kier molecular flexibility index (Phi) is 4.12. The quantitative estimate of drug-likeness (QED) is 0.881. The maximum Gasteiger partial charge on any atom is 0.319 e. The van der Waals surface area contributed by atoms with Gasteiger partial charge in [0.15, 0.2) is 0 Å². The third kappa shape index (κ3) is 2.54. The van der Waals surface area contributed by atoms with Crippen LogP contribution in [0.4, 0.5) is 4.79 Å². The first-order valence-corrected chi connectivity index (χ1v) is 6.69. The molecule has 0 saturated carbocycles. The summed E-state index contributed by atoms with van der Waals surface area (Å²) in [4.78, 5) is 26.0. The zero-order chi connectivity index (χ0) is 14.7. The molecule has 0 bridgehead atoms. The number of hydrogen-bond donors (Lipinski definition) is 2. The standard InChI is InChI=1S/C14H19N3O3/c1-4-17(5-2)13(18)11-9(3)15-14(19)16-12(11)10-7-6-8-20-10/h6-8,12H,4-5H2,1-3H3,(H2,15,16,19). The van der Waals surface area contributed by atoms with E-state index in [0.29, 0.717) is 30.1 Å². The number of nitrogens with zero attached hydrogens (tertiary/aromatic N) is 1. The first-order valence-electron chi connectivity index (χ1n) is 6.69. The number of rotatable bonds is 4. The molecule has 0 fully saturated rings. The number of carbonyl (C=O) groups is 2. The molecule has 1 aromatic heterocycles. The van der Waals surface area contributed by atoms with E-state index in [4.69, 9.17) is 4.42 Å². The number of urea groups is 1. The minimum atomic E-state index is -0.549. The Hall–Kier alpha value is -2.24. The molecule has 1 aromatic rings. The van der Waals surface area contributed by atoms with Crippen LogP contribution < -0.4 is 10.6 Å². The van der Waals surface area contributed by atoms with E-state index in [1.54, 1.807) is 24.0 Å². The Morgan fingerprint density at radius 3 is 2.65 bits per heavy atom. The molecule has 0 radical (unpaired) electrons. The van der Waals surface area contributed by atoms with Crippen LogP contribution in [0.3, 0.4) is 0 Å². The number of allylic oxidation sites excluding steroid dienone is 1.